The Hall–Kier alpha value is -3.76. The topological polar surface area (TPSA) is 110 Å². The van der Waals surface area contributed by atoms with E-state index in [1.54, 1.807) is 19.1 Å². The summed E-state index contributed by atoms with van der Waals surface area (Å²) in [6.45, 7) is 3.77. The Bertz CT molecular complexity index is 1330. The zero-order chi connectivity index (χ0) is 24.1. The lowest BCUT2D eigenvalue weighted by Gasteiger charge is -2.15. The van der Waals surface area contributed by atoms with Crippen LogP contribution in [0.2, 0.25) is 0 Å². The quantitative estimate of drug-likeness (QED) is 0.170. The van der Waals surface area contributed by atoms with Gasteiger partial charge in [-0.05, 0) is 48.7 Å². The Labute approximate surface area is 204 Å². The summed E-state index contributed by atoms with van der Waals surface area (Å²) in [5.41, 5.74) is 3.52. The molecule has 2 N–H and O–H groups in total. The molecular weight excluding hydrogens is 470 g/mol. The van der Waals surface area contributed by atoms with Crippen molar-refractivity contribution in [1.29, 1.82) is 0 Å². The highest BCUT2D eigenvalue weighted by Gasteiger charge is 2.26. The summed E-state index contributed by atoms with van der Waals surface area (Å²) in [6, 6.07) is 21.8. The maximum Gasteiger partial charge on any atom is 0.293 e. The number of carbonyl (C=O) groups is 1. The second-order valence-electron chi connectivity index (χ2n) is 7.54. The van der Waals surface area contributed by atoms with Crippen molar-refractivity contribution >= 4 is 51.2 Å². The third-order valence-electron chi connectivity index (χ3n) is 4.84. The second kappa shape index (κ2) is 10.4. The van der Waals surface area contributed by atoms with Gasteiger partial charge in [0.1, 0.15) is 10.9 Å². The highest BCUT2D eigenvalue weighted by atomic mass is 32.2. The highest BCUT2D eigenvalue weighted by Crippen LogP contribution is 2.39. The van der Waals surface area contributed by atoms with E-state index in [1.807, 2.05) is 61.5 Å². The predicted molar refractivity (Wildman–Crippen MR) is 136 cm³/mol. The van der Waals surface area contributed by atoms with Gasteiger partial charge in [0, 0.05) is 11.8 Å². The summed E-state index contributed by atoms with van der Waals surface area (Å²) in [6.07, 6.45) is 0. The van der Waals surface area contributed by atoms with Gasteiger partial charge >= 0.3 is 0 Å². The van der Waals surface area contributed by atoms with Crippen molar-refractivity contribution in [3.05, 3.63) is 99.6 Å². The molecule has 0 spiro atoms. The van der Waals surface area contributed by atoms with Crippen LogP contribution in [-0.4, -0.2) is 21.0 Å². The molecule has 4 aromatic rings. The summed E-state index contributed by atoms with van der Waals surface area (Å²) < 4.78 is 0.595. The molecule has 0 saturated carbocycles. The van der Waals surface area contributed by atoms with E-state index in [2.05, 4.69) is 20.8 Å². The fourth-order valence-electron chi connectivity index (χ4n) is 3.25. The second-order valence-corrected chi connectivity index (χ2v) is 9.87. The van der Waals surface area contributed by atoms with Crippen LogP contribution in [0.5, 0.6) is 0 Å². The fraction of sp³-hybridized carbons (Fsp3) is 0.125. The number of hydrogen-bond donors (Lipinski definition) is 2. The van der Waals surface area contributed by atoms with Crippen molar-refractivity contribution in [2.45, 2.75) is 23.4 Å². The Morgan fingerprint density at radius 2 is 1.76 bits per heavy atom. The molecule has 4 rings (SSSR count). The van der Waals surface area contributed by atoms with E-state index < -0.39 is 10.2 Å². The molecule has 172 valence electrons. The third-order valence-corrected chi connectivity index (χ3v) is 7.02. The zero-order valence-electron chi connectivity index (χ0n) is 18.4. The van der Waals surface area contributed by atoms with Crippen molar-refractivity contribution in [2.24, 2.45) is 0 Å². The van der Waals surface area contributed by atoms with Crippen molar-refractivity contribution in [1.82, 2.24) is 10.2 Å². The first-order chi connectivity index (χ1) is 16.4. The number of nitrogens with one attached hydrogen (secondary N) is 2. The maximum atomic E-state index is 13.3. The van der Waals surface area contributed by atoms with E-state index in [1.165, 1.54) is 29.2 Å². The van der Waals surface area contributed by atoms with Crippen LogP contribution in [0, 0.1) is 24.0 Å². The van der Waals surface area contributed by atoms with Gasteiger partial charge in [0.25, 0.3) is 5.69 Å². The number of nitrogens with zero attached hydrogens (tertiary/aromatic N) is 3. The number of thioether (sulfide) groups is 1. The summed E-state index contributed by atoms with van der Waals surface area (Å²) in [5, 5.41) is 25.8. The van der Waals surface area contributed by atoms with Gasteiger partial charge in [-0.25, -0.2) is 0 Å². The van der Waals surface area contributed by atoms with Crippen molar-refractivity contribution in [3.8, 4) is 0 Å². The standard InChI is InChI=1S/C24H21N5O3S2/c1-15-7-6-10-18(13-15)25-23-27-28-24(34-23)33-21(17-8-4-3-5-9-17)22(30)26-19-12-11-16(2)14-20(19)29(31)32/h3-14,21H,1-2H3,(H,25,27)(H,26,30)/t21-/m1/s1. The highest BCUT2D eigenvalue weighted by molar-refractivity contribution is 8.02. The number of amides is 1. The van der Waals surface area contributed by atoms with Gasteiger partial charge in [0.05, 0.1) is 4.92 Å². The number of benzene rings is 3. The third kappa shape index (κ3) is 5.77. The van der Waals surface area contributed by atoms with Crippen LogP contribution in [0.4, 0.5) is 22.2 Å². The number of rotatable bonds is 8. The molecule has 0 unspecified atom stereocenters. The number of nitro benzene ring substituents is 1. The van der Waals surface area contributed by atoms with Gasteiger partial charge in [-0.15, -0.1) is 10.2 Å². The van der Waals surface area contributed by atoms with Crippen LogP contribution in [-0.2, 0) is 4.79 Å². The number of aryl methyl sites for hydroxylation is 2. The molecule has 8 nitrogen and oxygen atoms in total. The number of carbonyl (C=O) groups excluding carboxylic acids is 1. The predicted octanol–water partition coefficient (Wildman–Crippen LogP) is 6.28. The molecule has 0 radical (unpaired) electrons. The Kier molecular flexibility index (Phi) is 7.19. The van der Waals surface area contributed by atoms with Crippen LogP contribution in [0.3, 0.4) is 0 Å². The van der Waals surface area contributed by atoms with Crippen LogP contribution < -0.4 is 10.6 Å². The first-order valence-electron chi connectivity index (χ1n) is 10.3. The lowest BCUT2D eigenvalue weighted by Crippen LogP contribution is -2.19. The van der Waals surface area contributed by atoms with E-state index in [0.29, 0.717) is 9.47 Å². The van der Waals surface area contributed by atoms with E-state index >= 15 is 0 Å². The van der Waals surface area contributed by atoms with Gasteiger partial charge in [0.2, 0.25) is 11.0 Å². The summed E-state index contributed by atoms with van der Waals surface area (Å²) in [5.74, 6) is -0.383. The molecule has 0 aliphatic carbocycles. The van der Waals surface area contributed by atoms with Crippen molar-refractivity contribution in [2.75, 3.05) is 10.6 Å². The number of anilines is 3. The molecule has 3 aromatic carbocycles. The average Bonchev–Trinajstić information content (AvgIpc) is 3.26. The lowest BCUT2D eigenvalue weighted by atomic mass is 10.1. The summed E-state index contributed by atoms with van der Waals surface area (Å²) in [7, 11) is 0. The van der Waals surface area contributed by atoms with Crippen LogP contribution in [0.1, 0.15) is 21.9 Å². The summed E-state index contributed by atoms with van der Waals surface area (Å²) in [4.78, 5) is 24.3. The molecule has 0 fully saturated rings. The van der Waals surface area contributed by atoms with Gasteiger partial charge in [-0.1, -0.05) is 71.6 Å². The van der Waals surface area contributed by atoms with Gasteiger partial charge < -0.3 is 10.6 Å². The maximum absolute atomic E-state index is 13.3. The van der Waals surface area contributed by atoms with E-state index in [0.717, 1.165) is 22.4 Å². The molecule has 34 heavy (non-hydrogen) atoms. The minimum atomic E-state index is -0.679. The largest absolute Gasteiger partial charge is 0.330 e. The van der Waals surface area contributed by atoms with Crippen molar-refractivity contribution < 1.29 is 9.72 Å². The van der Waals surface area contributed by atoms with E-state index in [4.69, 9.17) is 0 Å². The number of aromatic nitrogens is 2. The Morgan fingerprint density at radius 1 is 1.00 bits per heavy atom. The minimum Gasteiger partial charge on any atom is -0.330 e. The van der Waals surface area contributed by atoms with Crippen molar-refractivity contribution in [3.63, 3.8) is 0 Å². The molecule has 10 heteroatoms. The average molecular weight is 492 g/mol. The van der Waals surface area contributed by atoms with E-state index in [9.17, 15) is 14.9 Å². The molecule has 0 bridgehead atoms. The zero-order valence-corrected chi connectivity index (χ0v) is 20.0. The van der Waals surface area contributed by atoms with Gasteiger partial charge in [0.15, 0.2) is 4.34 Å². The van der Waals surface area contributed by atoms with Crippen LogP contribution in [0.25, 0.3) is 0 Å². The number of nitro groups is 1. The molecule has 0 aliphatic rings. The normalized spacial score (nSPS) is 11.6. The molecular formula is C24H21N5O3S2. The van der Waals surface area contributed by atoms with Gasteiger partial charge in [-0.3, -0.25) is 14.9 Å². The molecule has 1 heterocycles. The van der Waals surface area contributed by atoms with Crippen LogP contribution >= 0.6 is 23.1 Å². The van der Waals surface area contributed by atoms with Crippen LogP contribution in [0.15, 0.2) is 77.1 Å². The Morgan fingerprint density at radius 3 is 2.50 bits per heavy atom. The van der Waals surface area contributed by atoms with E-state index in [-0.39, 0.29) is 17.3 Å². The van der Waals surface area contributed by atoms with Gasteiger partial charge in [-0.2, -0.15) is 0 Å². The molecule has 1 atom stereocenters. The first kappa shape index (κ1) is 23.4. The number of hydrogen-bond acceptors (Lipinski definition) is 8. The minimum absolute atomic E-state index is 0.147. The molecule has 0 aliphatic heterocycles. The molecule has 1 aromatic heterocycles. The monoisotopic (exact) mass is 491 g/mol. The smallest absolute Gasteiger partial charge is 0.293 e. The summed E-state index contributed by atoms with van der Waals surface area (Å²) >= 11 is 2.58. The lowest BCUT2D eigenvalue weighted by molar-refractivity contribution is -0.384. The first-order valence-corrected chi connectivity index (χ1v) is 12.0. The fourth-order valence-corrected chi connectivity index (χ4v) is 5.22. The Balaban J connectivity index is 1.57. The SMILES string of the molecule is Cc1cccc(Nc2nnc(S[C@@H](C(=O)Nc3ccc(C)cc3[N+](=O)[O-])c3ccccc3)s2)c1. The molecule has 0 saturated heterocycles. The molecule has 1 amide bonds.